The first kappa shape index (κ1) is 13.4. The van der Waals surface area contributed by atoms with E-state index in [1.165, 1.54) is 0 Å². The number of rotatable bonds is 2. The van der Waals surface area contributed by atoms with Crippen molar-refractivity contribution in [2.45, 2.75) is 48.8 Å². The Morgan fingerprint density at radius 2 is 1.63 bits per heavy atom. The van der Waals surface area contributed by atoms with Crippen LogP contribution in [0.4, 0.5) is 0 Å². The summed E-state index contributed by atoms with van der Waals surface area (Å²) >= 11 is 5.79. The molecule has 0 amide bonds. The summed E-state index contributed by atoms with van der Waals surface area (Å²) in [6.07, 6.45) is 2.41. The Balaban J connectivity index is 1.95. The van der Waals surface area contributed by atoms with Gasteiger partial charge in [-0.2, -0.15) is 4.31 Å². The Bertz CT molecular complexity index is 558. The molecule has 3 atom stereocenters. The fraction of sp³-hybridized carbons (Fsp3) is 0.538. The van der Waals surface area contributed by atoms with Gasteiger partial charge in [-0.25, -0.2) is 8.42 Å². The van der Waals surface area contributed by atoms with Gasteiger partial charge in [-0.05, 0) is 49.9 Å². The van der Waals surface area contributed by atoms with Crippen molar-refractivity contribution in [3.05, 3.63) is 29.3 Å². The quantitative estimate of drug-likeness (QED) is 0.909. The van der Waals surface area contributed by atoms with Gasteiger partial charge in [0.25, 0.3) is 0 Å². The largest absolute Gasteiger partial charge is 0.393 e. The lowest BCUT2D eigenvalue weighted by molar-refractivity contribution is 0.0769. The molecule has 0 radical (unpaired) electrons. The van der Waals surface area contributed by atoms with E-state index in [0.29, 0.717) is 17.9 Å². The Morgan fingerprint density at radius 3 is 2.16 bits per heavy atom. The standard InChI is InChI=1S/C13H16ClNO3S/c14-9-1-5-13(6-2-9)19(17,18)15-10-3-4-11(15)8-12(16)7-10/h1-2,5-6,10-12,16H,3-4,7-8H2/t10-,11+,12-. The molecular weight excluding hydrogens is 286 g/mol. The molecule has 104 valence electrons. The zero-order valence-corrected chi connectivity index (χ0v) is 11.9. The second-order valence-corrected chi connectivity index (χ2v) is 7.58. The lowest BCUT2D eigenvalue weighted by atomic mass is 10.0. The Labute approximate surface area is 118 Å². The number of halogens is 1. The number of sulfonamides is 1. The van der Waals surface area contributed by atoms with Gasteiger partial charge in [-0.15, -0.1) is 0 Å². The van der Waals surface area contributed by atoms with Gasteiger partial charge < -0.3 is 5.11 Å². The van der Waals surface area contributed by atoms with Crippen LogP contribution in [0, 0.1) is 0 Å². The predicted octanol–water partition coefficient (Wildman–Crippen LogP) is 2.02. The molecule has 6 heteroatoms. The van der Waals surface area contributed by atoms with Crippen molar-refractivity contribution in [3.63, 3.8) is 0 Å². The predicted molar refractivity (Wildman–Crippen MR) is 72.5 cm³/mol. The van der Waals surface area contributed by atoms with Gasteiger partial charge in [0.05, 0.1) is 11.0 Å². The molecule has 2 fully saturated rings. The summed E-state index contributed by atoms with van der Waals surface area (Å²) in [5.41, 5.74) is 0. The van der Waals surface area contributed by atoms with Gasteiger partial charge in [-0.3, -0.25) is 0 Å². The fourth-order valence-corrected chi connectivity index (χ4v) is 5.24. The number of piperidine rings is 1. The molecule has 2 bridgehead atoms. The average Bonchev–Trinajstić information content (AvgIpc) is 2.64. The third-order valence-electron chi connectivity index (χ3n) is 4.03. The van der Waals surface area contributed by atoms with Crippen LogP contribution in [-0.2, 0) is 10.0 Å². The van der Waals surface area contributed by atoms with Gasteiger partial charge >= 0.3 is 0 Å². The second kappa shape index (κ2) is 4.74. The highest BCUT2D eigenvalue weighted by molar-refractivity contribution is 7.89. The maximum atomic E-state index is 12.7. The second-order valence-electron chi connectivity index (χ2n) is 5.30. The number of nitrogens with zero attached hydrogens (tertiary/aromatic N) is 1. The summed E-state index contributed by atoms with van der Waals surface area (Å²) in [6.45, 7) is 0. The van der Waals surface area contributed by atoms with Crippen LogP contribution in [0.5, 0.6) is 0 Å². The Hall–Kier alpha value is -0.620. The molecule has 2 heterocycles. The molecule has 2 aliphatic heterocycles. The zero-order valence-electron chi connectivity index (χ0n) is 10.4. The van der Waals surface area contributed by atoms with Crippen LogP contribution in [0.1, 0.15) is 25.7 Å². The van der Waals surface area contributed by atoms with E-state index in [1.807, 2.05) is 0 Å². The summed E-state index contributed by atoms with van der Waals surface area (Å²) in [4.78, 5) is 0.283. The minimum Gasteiger partial charge on any atom is -0.393 e. The van der Waals surface area contributed by atoms with Crippen molar-refractivity contribution in [2.24, 2.45) is 0 Å². The molecule has 2 aliphatic rings. The molecule has 4 nitrogen and oxygen atoms in total. The van der Waals surface area contributed by atoms with Crippen molar-refractivity contribution in [1.82, 2.24) is 4.31 Å². The van der Waals surface area contributed by atoms with Crippen LogP contribution in [-0.4, -0.2) is 36.0 Å². The van der Waals surface area contributed by atoms with Gasteiger partial charge in [0, 0.05) is 17.1 Å². The van der Waals surface area contributed by atoms with Crippen molar-refractivity contribution >= 4 is 21.6 Å². The average molecular weight is 302 g/mol. The van der Waals surface area contributed by atoms with Crippen LogP contribution in [0.2, 0.25) is 5.02 Å². The third kappa shape index (κ3) is 2.29. The Kier molecular flexibility index (Phi) is 3.33. The van der Waals surface area contributed by atoms with E-state index in [-0.39, 0.29) is 23.1 Å². The number of hydrogen-bond acceptors (Lipinski definition) is 3. The van der Waals surface area contributed by atoms with Crippen molar-refractivity contribution in [1.29, 1.82) is 0 Å². The van der Waals surface area contributed by atoms with Gasteiger partial charge in [-0.1, -0.05) is 11.6 Å². The molecule has 0 aliphatic carbocycles. The minimum absolute atomic E-state index is 0.0607. The van der Waals surface area contributed by atoms with E-state index in [4.69, 9.17) is 11.6 Å². The number of aliphatic hydroxyl groups excluding tert-OH is 1. The lowest BCUT2D eigenvalue weighted by Crippen LogP contribution is -2.47. The number of benzene rings is 1. The van der Waals surface area contributed by atoms with Crippen molar-refractivity contribution < 1.29 is 13.5 Å². The van der Waals surface area contributed by atoms with Crippen LogP contribution in [0.25, 0.3) is 0 Å². The molecule has 2 saturated heterocycles. The molecule has 0 aromatic heterocycles. The van der Waals surface area contributed by atoms with Gasteiger partial charge in [0.2, 0.25) is 10.0 Å². The lowest BCUT2D eigenvalue weighted by Gasteiger charge is -2.36. The van der Waals surface area contributed by atoms with Crippen molar-refractivity contribution in [3.8, 4) is 0 Å². The van der Waals surface area contributed by atoms with Gasteiger partial charge in [0.1, 0.15) is 0 Å². The highest BCUT2D eigenvalue weighted by Crippen LogP contribution is 2.39. The molecule has 1 N–H and O–H groups in total. The zero-order chi connectivity index (χ0) is 13.6. The summed E-state index contributed by atoms with van der Waals surface area (Å²) in [5, 5.41) is 10.3. The molecular formula is C13H16ClNO3S. The minimum atomic E-state index is -3.47. The van der Waals surface area contributed by atoms with E-state index in [0.717, 1.165) is 12.8 Å². The van der Waals surface area contributed by atoms with Crippen LogP contribution in [0.3, 0.4) is 0 Å². The SMILES string of the molecule is O=S(=O)(c1ccc(Cl)cc1)N1[C@@H]2CC[C@H]1C[C@H](O)C2. The van der Waals surface area contributed by atoms with E-state index in [9.17, 15) is 13.5 Å². The third-order valence-corrected chi connectivity index (χ3v) is 6.30. The maximum Gasteiger partial charge on any atom is 0.243 e. The molecule has 0 saturated carbocycles. The first-order valence-corrected chi connectivity index (χ1v) is 8.27. The topological polar surface area (TPSA) is 57.6 Å². The molecule has 0 spiro atoms. The van der Waals surface area contributed by atoms with E-state index < -0.39 is 10.0 Å². The van der Waals surface area contributed by atoms with E-state index >= 15 is 0 Å². The van der Waals surface area contributed by atoms with Crippen molar-refractivity contribution in [2.75, 3.05) is 0 Å². The molecule has 0 unspecified atom stereocenters. The number of aliphatic hydroxyl groups is 1. The summed E-state index contributed by atoms with van der Waals surface area (Å²) < 4.78 is 26.9. The van der Waals surface area contributed by atoms with Crippen LogP contribution >= 0.6 is 11.6 Å². The smallest absolute Gasteiger partial charge is 0.243 e. The normalized spacial score (nSPS) is 31.6. The molecule has 1 aromatic carbocycles. The van der Waals surface area contributed by atoms with Gasteiger partial charge in [0.15, 0.2) is 0 Å². The first-order valence-electron chi connectivity index (χ1n) is 6.45. The van der Waals surface area contributed by atoms with Crippen LogP contribution < -0.4 is 0 Å². The molecule has 3 rings (SSSR count). The fourth-order valence-electron chi connectivity index (χ4n) is 3.23. The Morgan fingerprint density at radius 1 is 1.11 bits per heavy atom. The monoisotopic (exact) mass is 301 g/mol. The summed E-state index contributed by atoms with van der Waals surface area (Å²) in [7, 11) is -3.47. The number of fused-ring (bicyclic) bond motifs is 2. The van der Waals surface area contributed by atoms with E-state index in [2.05, 4.69) is 0 Å². The maximum absolute atomic E-state index is 12.7. The van der Waals surface area contributed by atoms with E-state index in [1.54, 1.807) is 28.6 Å². The first-order chi connectivity index (χ1) is 8.98. The highest BCUT2D eigenvalue weighted by atomic mass is 35.5. The highest BCUT2D eigenvalue weighted by Gasteiger charge is 2.46. The molecule has 1 aromatic rings. The summed E-state index contributed by atoms with van der Waals surface area (Å²) in [6, 6.07) is 6.15. The molecule has 19 heavy (non-hydrogen) atoms. The number of hydrogen-bond donors (Lipinski definition) is 1. The van der Waals surface area contributed by atoms with Crippen LogP contribution in [0.15, 0.2) is 29.2 Å². The summed E-state index contributed by atoms with van der Waals surface area (Å²) in [5.74, 6) is 0.